The van der Waals surface area contributed by atoms with Crippen LogP contribution in [0.15, 0.2) is 36.4 Å². The summed E-state index contributed by atoms with van der Waals surface area (Å²) in [5.74, 6) is 0.397. The van der Waals surface area contributed by atoms with Gasteiger partial charge in [0, 0.05) is 23.1 Å². The van der Waals surface area contributed by atoms with Crippen molar-refractivity contribution in [1.29, 1.82) is 0 Å². The molecule has 0 spiro atoms. The van der Waals surface area contributed by atoms with Gasteiger partial charge in [0.2, 0.25) is 5.91 Å². The molecular weight excluding hydrogens is 435 g/mol. The first-order chi connectivity index (χ1) is 14.6. The molecule has 31 heavy (non-hydrogen) atoms. The molecule has 2 amide bonds. The largest absolute Gasteiger partial charge is 0.484 e. The van der Waals surface area contributed by atoms with Gasteiger partial charge in [0.25, 0.3) is 5.91 Å². The van der Waals surface area contributed by atoms with Crippen molar-refractivity contribution in [3.05, 3.63) is 63.1 Å². The topological polar surface area (TPSA) is 58.6 Å². The van der Waals surface area contributed by atoms with Crippen LogP contribution in [0.4, 0.5) is 0 Å². The first kappa shape index (κ1) is 25.0. The number of carbonyl (C=O) groups excluding carboxylic acids is 2. The average Bonchev–Trinajstić information content (AvgIpc) is 2.73. The molecule has 0 unspecified atom stereocenters. The molecule has 0 heterocycles. The van der Waals surface area contributed by atoms with E-state index in [0.717, 1.165) is 16.7 Å². The van der Waals surface area contributed by atoms with Gasteiger partial charge in [0.15, 0.2) is 6.61 Å². The van der Waals surface area contributed by atoms with Crippen LogP contribution in [0.1, 0.15) is 37.5 Å². The van der Waals surface area contributed by atoms with Crippen molar-refractivity contribution in [2.24, 2.45) is 5.92 Å². The molecule has 2 aromatic rings. The quantitative estimate of drug-likeness (QED) is 0.555. The van der Waals surface area contributed by atoms with Gasteiger partial charge < -0.3 is 15.0 Å². The molecule has 0 aromatic heterocycles. The fourth-order valence-electron chi connectivity index (χ4n) is 3.04. The third kappa shape index (κ3) is 7.44. The van der Waals surface area contributed by atoms with Crippen LogP contribution in [-0.2, 0) is 16.1 Å². The Kier molecular flexibility index (Phi) is 9.20. The molecule has 0 saturated heterocycles. The number of carbonyl (C=O) groups is 2. The van der Waals surface area contributed by atoms with E-state index in [1.54, 1.807) is 31.2 Å². The van der Waals surface area contributed by atoms with E-state index in [9.17, 15) is 9.59 Å². The smallest absolute Gasteiger partial charge is 0.261 e. The molecule has 5 nitrogen and oxygen atoms in total. The molecule has 0 saturated carbocycles. The SMILES string of the molecule is Cc1cc(OCC(=O)N(Cc2ccc(Cl)cc2)[C@H](C)C(=O)NCC(C)C)cc(C)c1Cl. The highest BCUT2D eigenvalue weighted by Crippen LogP contribution is 2.26. The molecule has 0 radical (unpaired) electrons. The van der Waals surface area contributed by atoms with Crippen LogP contribution in [0, 0.1) is 19.8 Å². The van der Waals surface area contributed by atoms with E-state index in [4.69, 9.17) is 27.9 Å². The van der Waals surface area contributed by atoms with Crippen LogP contribution in [-0.4, -0.2) is 35.9 Å². The van der Waals surface area contributed by atoms with Crippen LogP contribution in [0.5, 0.6) is 5.75 Å². The number of hydrogen-bond donors (Lipinski definition) is 1. The fourth-order valence-corrected chi connectivity index (χ4v) is 3.27. The zero-order valence-electron chi connectivity index (χ0n) is 18.7. The molecule has 1 atom stereocenters. The predicted molar refractivity (Wildman–Crippen MR) is 126 cm³/mol. The Morgan fingerprint density at radius 3 is 2.16 bits per heavy atom. The molecule has 0 bridgehead atoms. The van der Waals surface area contributed by atoms with Gasteiger partial charge in [-0.25, -0.2) is 0 Å². The predicted octanol–water partition coefficient (Wildman–Crippen LogP) is 5.18. The highest BCUT2D eigenvalue weighted by atomic mass is 35.5. The van der Waals surface area contributed by atoms with Crippen molar-refractivity contribution < 1.29 is 14.3 Å². The van der Waals surface area contributed by atoms with Gasteiger partial charge in [-0.3, -0.25) is 9.59 Å². The number of amides is 2. The summed E-state index contributed by atoms with van der Waals surface area (Å²) in [7, 11) is 0. The first-order valence-corrected chi connectivity index (χ1v) is 11.0. The van der Waals surface area contributed by atoms with Gasteiger partial charge in [-0.15, -0.1) is 0 Å². The zero-order valence-corrected chi connectivity index (χ0v) is 20.2. The summed E-state index contributed by atoms with van der Waals surface area (Å²) in [6.07, 6.45) is 0. The fraction of sp³-hybridized carbons (Fsp3) is 0.417. The number of nitrogens with zero attached hydrogens (tertiary/aromatic N) is 1. The molecular formula is C24H30Cl2N2O3. The molecule has 168 valence electrons. The van der Waals surface area contributed by atoms with E-state index in [2.05, 4.69) is 5.32 Å². The van der Waals surface area contributed by atoms with E-state index < -0.39 is 6.04 Å². The van der Waals surface area contributed by atoms with Gasteiger partial charge in [-0.05, 0) is 67.6 Å². The van der Waals surface area contributed by atoms with Gasteiger partial charge in [0.1, 0.15) is 11.8 Å². The third-order valence-corrected chi connectivity index (χ3v) is 5.74. The molecule has 0 aliphatic rings. The second-order valence-electron chi connectivity index (χ2n) is 8.12. The molecule has 0 fully saturated rings. The van der Waals surface area contributed by atoms with Crippen molar-refractivity contribution in [3.8, 4) is 5.75 Å². The number of rotatable bonds is 9. The van der Waals surface area contributed by atoms with Gasteiger partial charge in [0.05, 0.1) is 0 Å². The third-order valence-electron chi connectivity index (χ3n) is 4.89. The average molecular weight is 465 g/mol. The van der Waals surface area contributed by atoms with Crippen molar-refractivity contribution >= 4 is 35.0 Å². The molecule has 2 rings (SSSR count). The highest BCUT2D eigenvalue weighted by Gasteiger charge is 2.26. The summed E-state index contributed by atoms with van der Waals surface area (Å²) in [6, 6.07) is 10.1. The van der Waals surface area contributed by atoms with E-state index in [0.29, 0.717) is 28.3 Å². The Hall–Kier alpha value is -2.24. The maximum Gasteiger partial charge on any atom is 0.261 e. The van der Waals surface area contributed by atoms with Crippen molar-refractivity contribution in [2.75, 3.05) is 13.2 Å². The Balaban J connectivity index is 2.16. The maximum absolute atomic E-state index is 13.1. The number of benzene rings is 2. The molecule has 2 aromatic carbocycles. The lowest BCUT2D eigenvalue weighted by molar-refractivity contribution is -0.142. The summed E-state index contributed by atoms with van der Waals surface area (Å²) in [4.78, 5) is 27.3. The Labute approximate surface area is 194 Å². The second kappa shape index (κ2) is 11.4. The van der Waals surface area contributed by atoms with E-state index in [-0.39, 0.29) is 25.0 Å². The molecule has 0 aliphatic carbocycles. The van der Waals surface area contributed by atoms with Crippen molar-refractivity contribution in [2.45, 2.75) is 47.2 Å². The molecule has 1 N–H and O–H groups in total. The minimum absolute atomic E-state index is 0.185. The Morgan fingerprint density at radius 1 is 1.03 bits per heavy atom. The minimum atomic E-state index is -0.654. The van der Waals surface area contributed by atoms with Crippen molar-refractivity contribution in [3.63, 3.8) is 0 Å². The Bertz CT molecular complexity index is 891. The monoisotopic (exact) mass is 464 g/mol. The summed E-state index contributed by atoms with van der Waals surface area (Å²) < 4.78 is 5.75. The molecule has 7 heteroatoms. The van der Waals surface area contributed by atoms with Gasteiger partial charge in [-0.2, -0.15) is 0 Å². The summed E-state index contributed by atoms with van der Waals surface area (Å²) in [5, 5.41) is 4.19. The van der Waals surface area contributed by atoms with E-state index in [1.165, 1.54) is 4.90 Å². The Morgan fingerprint density at radius 2 is 1.61 bits per heavy atom. The molecule has 0 aliphatic heterocycles. The number of nitrogens with one attached hydrogen (secondary N) is 1. The van der Waals surface area contributed by atoms with E-state index in [1.807, 2.05) is 39.8 Å². The second-order valence-corrected chi connectivity index (χ2v) is 8.94. The van der Waals surface area contributed by atoms with Gasteiger partial charge in [-0.1, -0.05) is 49.2 Å². The van der Waals surface area contributed by atoms with Crippen LogP contribution < -0.4 is 10.1 Å². The number of hydrogen-bond acceptors (Lipinski definition) is 3. The summed E-state index contributed by atoms with van der Waals surface area (Å²) in [6.45, 7) is 10.2. The highest BCUT2D eigenvalue weighted by molar-refractivity contribution is 6.32. The maximum atomic E-state index is 13.1. The van der Waals surface area contributed by atoms with Crippen LogP contribution in [0.25, 0.3) is 0 Å². The lowest BCUT2D eigenvalue weighted by Crippen LogP contribution is -2.49. The summed E-state index contributed by atoms with van der Waals surface area (Å²) >= 11 is 12.2. The normalized spacial score (nSPS) is 11.9. The van der Waals surface area contributed by atoms with Crippen LogP contribution >= 0.6 is 23.2 Å². The van der Waals surface area contributed by atoms with E-state index >= 15 is 0 Å². The lowest BCUT2D eigenvalue weighted by atomic mass is 10.1. The van der Waals surface area contributed by atoms with Gasteiger partial charge >= 0.3 is 0 Å². The lowest BCUT2D eigenvalue weighted by Gasteiger charge is -2.29. The zero-order chi connectivity index (χ0) is 23.1. The summed E-state index contributed by atoms with van der Waals surface area (Å²) in [5.41, 5.74) is 2.63. The number of ether oxygens (including phenoxy) is 1. The first-order valence-electron chi connectivity index (χ1n) is 10.3. The number of halogens is 2. The minimum Gasteiger partial charge on any atom is -0.484 e. The standard InChI is InChI=1S/C24H30Cl2N2O3/c1-15(2)12-27-24(30)18(5)28(13-19-6-8-20(25)9-7-19)22(29)14-31-21-10-16(3)23(26)17(4)11-21/h6-11,15,18H,12-14H2,1-5H3,(H,27,30)/t18-/m1/s1. The van der Waals surface area contributed by atoms with Crippen LogP contribution in [0.2, 0.25) is 10.0 Å². The van der Waals surface area contributed by atoms with Crippen LogP contribution in [0.3, 0.4) is 0 Å². The van der Waals surface area contributed by atoms with Crippen molar-refractivity contribution in [1.82, 2.24) is 10.2 Å². The number of aryl methyl sites for hydroxylation is 2.